The van der Waals surface area contributed by atoms with E-state index >= 15 is 0 Å². The molecule has 196 valence electrons. The van der Waals surface area contributed by atoms with Crippen molar-refractivity contribution in [1.82, 2.24) is 14.6 Å². The number of aromatic nitrogens is 1. The Kier molecular flexibility index (Phi) is 8.08. The van der Waals surface area contributed by atoms with Crippen molar-refractivity contribution in [2.45, 2.75) is 26.1 Å². The van der Waals surface area contributed by atoms with E-state index in [-0.39, 0.29) is 35.1 Å². The number of nitrogen functional groups attached to an aromatic ring is 1. The van der Waals surface area contributed by atoms with Gasteiger partial charge in [0.1, 0.15) is 22.2 Å². The van der Waals surface area contributed by atoms with Gasteiger partial charge in [0.15, 0.2) is 11.7 Å². The molecule has 0 saturated heterocycles. The monoisotopic (exact) mass is 555 g/mol. The van der Waals surface area contributed by atoms with Gasteiger partial charge in [0.25, 0.3) is 17.7 Å². The molecular weight excluding hydrogens is 533 g/mol. The minimum atomic E-state index is -1.26. The molecule has 0 radical (unpaired) electrons. The van der Waals surface area contributed by atoms with Crippen molar-refractivity contribution in [3.8, 4) is 0 Å². The number of benzene rings is 2. The van der Waals surface area contributed by atoms with Gasteiger partial charge >= 0.3 is 0 Å². The maximum Gasteiger partial charge on any atom is 0.270 e. The smallest absolute Gasteiger partial charge is 0.270 e. The summed E-state index contributed by atoms with van der Waals surface area (Å²) in [5.74, 6) is -1.82. The fourth-order valence-electron chi connectivity index (χ4n) is 3.76. The van der Waals surface area contributed by atoms with Crippen molar-refractivity contribution in [2.24, 2.45) is 5.73 Å². The maximum atomic E-state index is 13.9. The number of hydrogen-bond acceptors (Lipinski definition) is 7. The van der Waals surface area contributed by atoms with Gasteiger partial charge in [0.05, 0.1) is 5.69 Å². The lowest BCUT2D eigenvalue weighted by Gasteiger charge is -2.30. The predicted molar refractivity (Wildman–Crippen MR) is 141 cm³/mol. The summed E-state index contributed by atoms with van der Waals surface area (Å²) in [6.07, 6.45) is 0. The van der Waals surface area contributed by atoms with Gasteiger partial charge < -0.3 is 26.1 Å². The fourth-order valence-corrected chi connectivity index (χ4v) is 4.72. The Morgan fingerprint density at radius 3 is 2.45 bits per heavy atom. The van der Waals surface area contributed by atoms with Crippen molar-refractivity contribution < 1.29 is 23.2 Å². The number of carbonyl (C=O) groups excluding carboxylic acids is 3. The van der Waals surface area contributed by atoms with E-state index in [0.717, 1.165) is 0 Å². The van der Waals surface area contributed by atoms with Crippen molar-refractivity contribution in [3.63, 3.8) is 0 Å². The van der Waals surface area contributed by atoms with E-state index in [9.17, 15) is 18.8 Å². The first-order chi connectivity index (χ1) is 18.2. The average molecular weight is 556 g/mol. The molecule has 12 heteroatoms. The van der Waals surface area contributed by atoms with Crippen LogP contribution >= 0.6 is 23.1 Å². The molecule has 1 unspecified atom stereocenters. The van der Waals surface area contributed by atoms with Crippen LogP contribution in [0.3, 0.4) is 0 Å². The predicted octanol–water partition coefficient (Wildman–Crippen LogP) is 4.22. The first-order valence-corrected chi connectivity index (χ1v) is 12.5. The number of rotatable bonds is 9. The number of hydrogen-bond donors (Lipinski definition) is 3. The summed E-state index contributed by atoms with van der Waals surface area (Å²) in [4.78, 5) is 40.5. The second kappa shape index (κ2) is 11.4. The van der Waals surface area contributed by atoms with E-state index in [1.807, 2.05) is 0 Å². The summed E-state index contributed by atoms with van der Waals surface area (Å²) in [6.45, 7) is 1.67. The molecular formula is C26H23ClFN5O4S. The zero-order valence-electron chi connectivity index (χ0n) is 20.1. The van der Waals surface area contributed by atoms with Crippen molar-refractivity contribution in [1.29, 1.82) is 0 Å². The van der Waals surface area contributed by atoms with Crippen molar-refractivity contribution in [2.75, 3.05) is 5.73 Å². The lowest BCUT2D eigenvalue weighted by Crippen LogP contribution is -2.43. The summed E-state index contributed by atoms with van der Waals surface area (Å²) >= 11 is 7.10. The first-order valence-electron chi connectivity index (χ1n) is 11.3. The summed E-state index contributed by atoms with van der Waals surface area (Å²) in [5, 5.41) is 3.16. The Morgan fingerprint density at radius 1 is 1.13 bits per heavy atom. The molecule has 0 bridgehead atoms. The van der Waals surface area contributed by atoms with Crippen LogP contribution in [-0.2, 0) is 17.9 Å². The third kappa shape index (κ3) is 5.84. The Balaban J connectivity index is 1.76. The number of carbonyl (C=O) groups is 3. The molecule has 3 amide bonds. The Morgan fingerprint density at radius 2 is 1.84 bits per heavy atom. The van der Waals surface area contributed by atoms with Gasteiger partial charge in [0.2, 0.25) is 0 Å². The first kappa shape index (κ1) is 26.8. The van der Waals surface area contributed by atoms with Crippen LogP contribution in [0.1, 0.15) is 48.8 Å². The number of aryl methyl sites for hydroxylation is 1. The number of halogens is 2. The van der Waals surface area contributed by atoms with Crippen LogP contribution < -0.4 is 16.8 Å². The van der Waals surface area contributed by atoms with Crippen LogP contribution in [0, 0.1) is 12.7 Å². The van der Waals surface area contributed by atoms with Gasteiger partial charge in [-0.3, -0.25) is 14.4 Å². The summed E-state index contributed by atoms with van der Waals surface area (Å²) < 4.78 is 23.0. The van der Waals surface area contributed by atoms with E-state index in [2.05, 4.69) is 9.69 Å². The van der Waals surface area contributed by atoms with Crippen LogP contribution in [0.4, 0.5) is 10.1 Å². The van der Waals surface area contributed by atoms with Crippen LogP contribution in [0.2, 0.25) is 5.02 Å². The Labute approximate surface area is 226 Å². The van der Waals surface area contributed by atoms with E-state index in [1.54, 1.807) is 43.3 Å². The quantitative estimate of drug-likeness (QED) is 0.282. The van der Waals surface area contributed by atoms with Gasteiger partial charge in [-0.05, 0) is 59.9 Å². The molecule has 0 aliphatic heterocycles. The molecule has 1 atom stereocenters. The standard InChI is InChI=1S/C26H23ClFN5O4S/c1-14-6-11-19(37-14)22(25(35)31-12-15-7-9-17(28)10-8-15)33(13-16-4-2-3-5-18(16)27)26(36)23-20(29)21(24(30)34)32-38-23/h2-11,22H,12-13,29H2,1H3,(H2,30,34)(H,31,35). The highest BCUT2D eigenvalue weighted by Crippen LogP contribution is 2.32. The number of anilines is 1. The molecule has 2 aromatic heterocycles. The number of nitrogens with one attached hydrogen (secondary N) is 1. The van der Waals surface area contributed by atoms with Crippen LogP contribution in [0.5, 0.6) is 0 Å². The molecule has 0 fully saturated rings. The molecule has 0 aliphatic rings. The van der Waals surface area contributed by atoms with Gasteiger partial charge in [0, 0.05) is 18.1 Å². The highest BCUT2D eigenvalue weighted by atomic mass is 35.5. The normalized spacial score (nSPS) is 11.7. The summed E-state index contributed by atoms with van der Waals surface area (Å²) in [6, 6.07) is 14.5. The number of nitrogens with zero attached hydrogens (tertiary/aromatic N) is 2. The van der Waals surface area contributed by atoms with Crippen LogP contribution in [0.15, 0.2) is 65.1 Å². The molecule has 4 rings (SSSR count). The Bertz CT molecular complexity index is 1490. The molecule has 0 saturated carbocycles. The number of primary amides is 1. The molecule has 0 spiro atoms. The highest BCUT2D eigenvalue weighted by Gasteiger charge is 2.37. The zero-order valence-corrected chi connectivity index (χ0v) is 21.7. The fraction of sp³-hybridized carbons (Fsp3) is 0.154. The molecule has 2 heterocycles. The van der Waals surface area contributed by atoms with Gasteiger partial charge in [-0.1, -0.05) is 41.9 Å². The molecule has 5 N–H and O–H groups in total. The molecule has 0 aliphatic carbocycles. The van der Waals surface area contributed by atoms with Crippen LogP contribution in [-0.4, -0.2) is 27.0 Å². The van der Waals surface area contributed by atoms with Crippen LogP contribution in [0.25, 0.3) is 0 Å². The third-order valence-corrected chi connectivity index (χ3v) is 6.91. The number of furan rings is 1. The SMILES string of the molecule is Cc1ccc(C(C(=O)NCc2ccc(F)cc2)N(Cc2ccccc2Cl)C(=O)c2snc(C(N)=O)c2N)o1. The third-order valence-electron chi connectivity index (χ3n) is 5.69. The maximum absolute atomic E-state index is 13.9. The lowest BCUT2D eigenvalue weighted by atomic mass is 10.1. The number of amides is 3. The summed E-state index contributed by atoms with van der Waals surface area (Å²) in [7, 11) is 0. The largest absolute Gasteiger partial charge is 0.464 e. The van der Waals surface area contributed by atoms with E-state index in [0.29, 0.717) is 33.4 Å². The average Bonchev–Trinajstić information content (AvgIpc) is 3.49. The minimum Gasteiger partial charge on any atom is -0.464 e. The molecule has 2 aromatic carbocycles. The molecule has 4 aromatic rings. The second-order valence-electron chi connectivity index (χ2n) is 8.36. The highest BCUT2D eigenvalue weighted by molar-refractivity contribution is 7.09. The van der Waals surface area contributed by atoms with E-state index in [1.165, 1.54) is 29.2 Å². The second-order valence-corrected chi connectivity index (χ2v) is 9.54. The topological polar surface area (TPSA) is 145 Å². The summed E-state index contributed by atoms with van der Waals surface area (Å²) in [5.41, 5.74) is 12.2. The van der Waals surface area contributed by atoms with Gasteiger partial charge in [-0.2, -0.15) is 4.37 Å². The minimum absolute atomic E-state index is 0.0644. The van der Waals surface area contributed by atoms with Crippen molar-refractivity contribution in [3.05, 3.63) is 105 Å². The van der Waals surface area contributed by atoms with Crippen molar-refractivity contribution >= 4 is 46.5 Å². The molecule has 9 nitrogen and oxygen atoms in total. The lowest BCUT2D eigenvalue weighted by molar-refractivity contribution is -0.126. The van der Waals surface area contributed by atoms with E-state index in [4.69, 9.17) is 27.5 Å². The van der Waals surface area contributed by atoms with Gasteiger partial charge in [-0.25, -0.2) is 4.39 Å². The Hall–Kier alpha value is -4.22. The van der Waals surface area contributed by atoms with Gasteiger partial charge in [-0.15, -0.1) is 0 Å². The van der Waals surface area contributed by atoms with E-state index < -0.39 is 29.6 Å². The number of nitrogens with two attached hydrogens (primary N) is 2. The molecule has 38 heavy (non-hydrogen) atoms. The zero-order chi connectivity index (χ0) is 27.4.